The van der Waals surface area contributed by atoms with Gasteiger partial charge in [0.2, 0.25) is 0 Å². The average Bonchev–Trinajstić information content (AvgIpc) is 2.62. The van der Waals surface area contributed by atoms with Crippen molar-refractivity contribution in [3.63, 3.8) is 0 Å². The van der Waals surface area contributed by atoms with Crippen LogP contribution in [0.3, 0.4) is 0 Å². The Balaban J connectivity index is 2.27. The van der Waals surface area contributed by atoms with E-state index in [1.807, 2.05) is 6.92 Å². The van der Waals surface area contributed by atoms with Crippen molar-refractivity contribution in [2.24, 2.45) is 5.73 Å². The molecule has 6 heteroatoms. The van der Waals surface area contributed by atoms with Gasteiger partial charge in [-0.05, 0) is 6.92 Å². The van der Waals surface area contributed by atoms with Gasteiger partial charge in [0.05, 0.1) is 6.33 Å². The van der Waals surface area contributed by atoms with Gasteiger partial charge >= 0.3 is 0 Å². The normalized spacial score (nSPS) is 13.3. The van der Waals surface area contributed by atoms with Gasteiger partial charge in [-0.1, -0.05) is 0 Å². The van der Waals surface area contributed by atoms with Crippen LogP contribution >= 0.6 is 11.8 Å². The number of hydrogen-bond acceptors (Lipinski definition) is 5. The molecule has 5 nitrogen and oxygen atoms in total. The average molecular weight is 209 g/mol. The van der Waals surface area contributed by atoms with E-state index in [0.29, 0.717) is 5.65 Å². The highest BCUT2D eigenvalue weighted by atomic mass is 32.2. The number of thioether (sulfide) groups is 1. The largest absolute Gasteiger partial charge is 0.341 e. The molecule has 2 aromatic rings. The summed E-state index contributed by atoms with van der Waals surface area (Å²) in [6.07, 6.45) is 3.14. The Kier molecular flexibility index (Phi) is 2.64. The molecule has 2 heterocycles. The van der Waals surface area contributed by atoms with E-state index in [-0.39, 0.29) is 6.04 Å². The Bertz CT molecular complexity index is 424. The van der Waals surface area contributed by atoms with E-state index < -0.39 is 0 Å². The van der Waals surface area contributed by atoms with Crippen LogP contribution in [0.4, 0.5) is 0 Å². The molecule has 0 spiro atoms. The molecule has 74 valence electrons. The second-order valence-corrected chi connectivity index (χ2v) is 4.08. The number of hydrogen-bond donors (Lipinski definition) is 2. The lowest BCUT2D eigenvalue weighted by atomic mass is 10.4. The van der Waals surface area contributed by atoms with Gasteiger partial charge in [-0.3, -0.25) is 0 Å². The highest BCUT2D eigenvalue weighted by Gasteiger charge is 2.06. The molecule has 2 rings (SSSR count). The van der Waals surface area contributed by atoms with Crippen molar-refractivity contribution in [3.05, 3.63) is 12.7 Å². The van der Waals surface area contributed by atoms with E-state index in [9.17, 15) is 0 Å². The second kappa shape index (κ2) is 3.93. The van der Waals surface area contributed by atoms with Crippen LogP contribution in [-0.2, 0) is 0 Å². The molecule has 0 saturated carbocycles. The number of nitrogens with zero attached hydrogens (tertiary/aromatic N) is 3. The minimum atomic E-state index is 0.160. The monoisotopic (exact) mass is 209 g/mol. The van der Waals surface area contributed by atoms with Crippen molar-refractivity contribution >= 4 is 22.9 Å². The summed E-state index contributed by atoms with van der Waals surface area (Å²) in [5.74, 6) is 0.838. The number of fused-ring (bicyclic) bond motifs is 1. The lowest BCUT2D eigenvalue weighted by Gasteiger charge is -2.03. The molecule has 0 radical (unpaired) electrons. The molecule has 0 bridgehead atoms. The molecule has 0 amide bonds. The SMILES string of the molecule is C[C@@H](N)CSc1ncnc2nc[nH]c12. The van der Waals surface area contributed by atoms with E-state index in [1.165, 1.54) is 6.33 Å². The van der Waals surface area contributed by atoms with Crippen molar-refractivity contribution in [2.45, 2.75) is 18.0 Å². The molecular weight excluding hydrogens is 198 g/mol. The number of aromatic amines is 1. The fourth-order valence-electron chi connectivity index (χ4n) is 1.06. The van der Waals surface area contributed by atoms with E-state index in [4.69, 9.17) is 5.73 Å². The highest BCUT2D eigenvalue weighted by molar-refractivity contribution is 7.99. The van der Waals surface area contributed by atoms with Crippen LogP contribution in [0.2, 0.25) is 0 Å². The predicted molar refractivity (Wildman–Crippen MR) is 56.1 cm³/mol. The first kappa shape index (κ1) is 9.42. The van der Waals surface area contributed by atoms with Crippen molar-refractivity contribution in [3.8, 4) is 0 Å². The Morgan fingerprint density at radius 2 is 2.36 bits per heavy atom. The van der Waals surface area contributed by atoms with E-state index in [2.05, 4.69) is 19.9 Å². The zero-order valence-electron chi connectivity index (χ0n) is 7.77. The van der Waals surface area contributed by atoms with Crippen molar-refractivity contribution in [2.75, 3.05) is 5.75 Å². The minimum absolute atomic E-state index is 0.160. The summed E-state index contributed by atoms with van der Waals surface area (Å²) < 4.78 is 0. The Hall–Kier alpha value is -1.14. The fraction of sp³-hybridized carbons (Fsp3) is 0.375. The Morgan fingerprint density at radius 1 is 1.50 bits per heavy atom. The molecule has 0 fully saturated rings. The molecule has 0 aliphatic rings. The maximum atomic E-state index is 5.67. The summed E-state index contributed by atoms with van der Waals surface area (Å²) in [5, 5.41) is 0.907. The maximum Gasteiger partial charge on any atom is 0.181 e. The van der Waals surface area contributed by atoms with E-state index >= 15 is 0 Å². The summed E-state index contributed by atoms with van der Waals surface area (Å²) in [5.41, 5.74) is 7.26. The van der Waals surface area contributed by atoms with Gasteiger partial charge in [0, 0.05) is 11.8 Å². The standard InChI is InChI=1S/C8H11N5S/c1-5(9)2-14-8-6-7(11-3-10-6)12-4-13-8/h3-5H,2,9H2,1H3,(H,10,11,12,13)/t5-/m1/s1. The van der Waals surface area contributed by atoms with Gasteiger partial charge < -0.3 is 10.7 Å². The van der Waals surface area contributed by atoms with Gasteiger partial charge in [0.25, 0.3) is 0 Å². The highest BCUT2D eigenvalue weighted by Crippen LogP contribution is 2.21. The number of rotatable bonds is 3. The zero-order valence-corrected chi connectivity index (χ0v) is 8.58. The van der Waals surface area contributed by atoms with Crippen LogP contribution in [0.5, 0.6) is 0 Å². The molecule has 1 atom stereocenters. The lowest BCUT2D eigenvalue weighted by Crippen LogP contribution is -2.17. The van der Waals surface area contributed by atoms with E-state index in [1.54, 1.807) is 18.1 Å². The molecule has 14 heavy (non-hydrogen) atoms. The molecule has 0 saturated heterocycles. The van der Waals surface area contributed by atoms with Crippen LogP contribution in [0.15, 0.2) is 17.7 Å². The van der Waals surface area contributed by atoms with Gasteiger partial charge in [0.15, 0.2) is 5.65 Å². The van der Waals surface area contributed by atoms with E-state index in [0.717, 1.165) is 16.3 Å². The molecule has 3 N–H and O–H groups in total. The Labute approximate surface area is 85.5 Å². The van der Waals surface area contributed by atoms with Gasteiger partial charge in [-0.15, -0.1) is 11.8 Å². The first-order chi connectivity index (χ1) is 6.77. The summed E-state index contributed by atoms with van der Waals surface area (Å²) in [6.45, 7) is 1.97. The molecule has 0 unspecified atom stereocenters. The number of nitrogens with one attached hydrogen (secondary N) is 1. The van der Waals surface area contributed by atoms with Crippen LogP contribution in [-0.4, -0.2) is 31.7 Å². The van der Waals surface area contributed by atoms with Gasteiger partial charge in [0.1, 0.15) is 16.9 Å². The maximum absolute atomic E-state index is 5.67. The van der Waals surface area contributed by atoms with Crippen LogP contribution in [0.25, 0.3) is 11.2 Å². The molecular formula is C8H11N5S. The first-order valence-corrected chi connectivity index (χ1v) is 5.28. The van der Waals surface area contributed by atoms with Gasteiger partial charge in [-0.2, -0.15) is 0 Å². The topological polar surface area (TPSA) is 80.5 Å². The molecule has 0 aromatic carbocycles. The van der Waals surface area contributed by atoms with Crippen molar-refractivity contribution < 1.29 is 0 Å². The van der Waals surface area contributed by atoms with Crippen LogP contribution in [0, 0.1) is 0 Å². The molecule has 0 aliphatic heterocycles. The second-order valence-electron chi connectivity index (χ2n) is 3.07. The first-order valence-electron chi connectivity index (χ1n) is 4.30. The fourth-order valence-corrected chi connectivity index (χ4v) is 1.90. The summed E-state index contributed by atoms with van der Waals surface area (Å²) in [7, 11) is 0. The minimum Gasteiger partial charge on any atom is -0.341 e. The third-order valence-corrected chi connectivity index (χ3v) is 2.95. The number of H-pyrrole nitrogens is 1. The van der Waals surface area contributed by atoms with Crippen LogP contribution in [0.1, 0.15) is 6.92 Å². The smallest absolute Gasteiger partial charge is 0.181 e. The molecule has 2 aromatic heterocycles. The summed E-state index contributed by atoms with van der Waals surface area (Å²) in [4.78, 5) is 15.3. The molecule has 0 aliphatic carbocycles. The van der Waals surface area contributed by atoms with Crippen molar-refractivity contribution in [1.29, 1.82) is 0 Å². The third kappa shape index (κ3) is 1.85. The number of aromatic nitrogens is 4. The third-order valence-electron chi connectivity index (χ3n) is 1.67. The predicted octanol–water partition coefficient (Wildman–Crippen LogP) is 0.792. The number of imidazole rings is 1. The zero-order chi connectivity index (χ0) is 9.97. The van der Waals surface area contributed by atoms with Crippen LogP contribution < -0.4 is 5.73 Å². The summed E-state index contributed by atoms with van der Waals surface area (Å²) >= 11 is 1.62. The lowest BCUT2D eigenvalue weighted by molar-refractivity contribution is 0.846. The summed E-state index contributed by atoms with van der Waals surface area (Å²) in [6, 6.07) is 0.160. The van der Waals surface area contributed by atoms with Crippen molar-refractivity contribution in [1.82, 2.24) is 19.9 Å². The Morgan fingerprint density at radius 3 is 3.14 bits per heavy atom. The number of nitrogens with two attached hydrogens (primary N) is 1. The quantitative estimate of drug-likeness (QED) is 0.577. The van der Waals surface area contributed by atoms with Gasteiger partial charge in [-0.25, -0.2) is 15.0 Å².